The third-order valence-corrected chi connectivity index (χ3v) is 5.15. The Hall–Kier alpha value is -2.14. The molecule has 0 spiro atoms. The highest BCUT2D eigenvalue weighted by Crippen LogP contribution is 2.47. The molecule has 1 aliphatic carbocycles. The lowest BCUT2D eigenvalue weighted by Crippen LogP contribution is -2.38. The lowest BCUT2D eigenvalue weighted by molar-refractivity contribution is -0.138. The quantitative estimate of drug-likeness (QED) is 0.641. The second-order valence-corrected chi connectivity index (χ2v) is 7.89. The van der Waals surface area contributed by atoms with Crippen molar-refractivity contribution in [3.8, 4) is 0 Å². The van der Waals surface area contributed by atoms with Crippen LogP contribution in [0, 0.1) is 5.41 Å². The largest absolute Gasteiger partial charge is 0.463 e. The number of hydrogen-bond acceptors (Lipinski definition) is 5. The molecule has 0 fully saturated rings. The number of carbonyl (C=O) groups excluding carboxylic acids is 2. The maximum absolute atomic E-state index is 13.0. The molecule has 6 heteroatoms. The van der Waals surface area contributed by atoms with Crippen LogP contribution in [-0.2, 0) is 14.3 Å². The number of ketones is 1. The molecule has 1 aromatic heterocycles. The topological polar surface area (TPSA) is 68.3 Å². The zero-order chi connectivity index (χ0) is 19.1. The van der Waals surface area contributed by atoms with Crippen molar-refractivity contribution in [3.63, 3.8) is 0 Å². The molecule has 1 aliphatic heterocycles. The number of nitrogens with one attached hydrogen (secondary N) is 1. The molecule has 3 rings (SSSR count). The lowest BCUT2D eigenvalue weighted by Gasteiger charge is -2.39. The number of nitrogens with zero attached hydrogens (tertiary/aromatic N) is 1. The van der Waals surface area contributed by atoms with Gasteiger partial charge in [0, 0.05) is 35.1 Å². The predicted octanol–water partition coefficient (Wildman–Crippen LogP) is 3.90. The van der Waals surface area contributed by atoms with Crippen LogP contribution in [0.3, 0.4) is 0 Å². The summed E-state index contributed by atoms with van der Waals surface area (Å²) in [5, 5.41) is 3.58. The fourth-order valence-electron chi connectivity index (χ4n) is 3.84. The van der Waals surface area contributed by atoms with E-state index in [4.69, 9.17) is 16.3 Å². The molecule has 0 saturated heterocycles. The standard InChI is InChI=1S/C20H23ClN2O3/c1-5-26-19(25)15-11(2)23-13-9-20(3,4)10-14(24)17(13)16(15)12-7-6-8-22-18(12)21/h6-8,16,23H,5,9-10H2,1-4H3. The van der Waals surface area contributed by atoms with Gasteiger partial charge in [0.05, 0.1) is 18.1 Å². The number of dihydropyridines is 1. The van der Waals surface area contributed by atoms with Crippen molar-refractivity contribution in [2.24, 2.45) is 5.41 Å². The second-order valence-electron chi connectivity index (χ2n) is 7.53. The zero-order valence-corrected chi connectivity index (χ0v) is 16.2. The molecule has 1 unspecified atom stereocenters. The van der Waals surface area contributed by atoms with Gasteiger partial charge in [-0.15, -0.1) is 0 Å². The van der Waals surface area contributed by atoms with Crippen LogP contribution in [0.15, 0.2) is 40.9 Å². The Morgan fingerprint density at radius 3 is 2.81 bits per heavy atom. The molecule has 0 saturated carbocycles. The van der Waals surface area contributed by atoms with Crippen LogP contribution in [0.1, 0.15) is 52.0 Å². The van der Waals surface area contributed by atoms with Crippen LogP contribution in [0.4, 0.5) is 0 Å². The fourth-order valence-corrected chi connectivity index (χ4v) is 4.07. The first kappa shape index (κ1) is 18.6. The van der Waals surface area contributed by atoms with Crippen molar-refractivity contribution in [1.82, 2.24) is 10.3 Å². The van der Waals surface area contributed by atoms with Gasteiger partial charge in [0.1, 0.15) is 5.15 Å². The zero-order valence-electron chi connectivity index (χ0n) is 15.5. The third kappa shape index (κ3) is 3.28. The van der Waals surface area contributed by atoms with Crippen molar-refractivity contribution in [3.05, 3.63) is 51.6 Å². The molecule has 5 nitrogen and oxygen atoms in total. The number of pyridine rings is 1. The average Bonchev–Trinajstić information content (AvgIpc) is 2.53. The highest BCUT2D eigenvalue weighted by atomic mass is 35.5. The molecule has 1 N–H and O–H groups in total. The average molecular weight is 375 g/mol. The van der Waals surface area contributed by atoms with Gasteiger partial charge in [-0.2, -0.15) is 0 Å². The molecule has 1 atom stereocenters. The van der Waals surface area contributed by atoms with E-state index in [0.29, 0.717) is 34.0 Å². The van der Waals surface area contributed by atoms with E-state index in [-0.39, 0.29) is 17.8 Å². The summed E-state index contributed by atoms with van der Waals surface area (Å²) in [5.74, 6) is -0.968. The highest BCUT2D eigenvalue weighted by molar-refractivity contribution is 6.30. The van der Waals surface area contributed by atoms with Gasteiger partial charge in [-0.3, -0.25) is 4.79 Å². The molecule has 1 aromatic rings. The Morgan fingerprint density at radius 2 is 2.15 bits per heavy atom. The summed E-state index contributed by atoms with van der Waals surface area (Å²) in [6, 6.07) is 3.58. The van der Waals surface area contributed by atoms with E-state index < -0.39 is 11.9 Å². The van der Waals surface area contributed by atoms with Gasteiger partial charge in [0.25, 0.3) is 0 Å². The molecule has 0 bridgehead atoms. The van der Waals surface area contributed by atoms with Crippen molar-refractivity contribution in [1.29, 1.82) is 0 Å². The Kier molecular flexibility index (Phi) is 4.93. The minimum absolute atomic E-state index is 0.0305. The Morgan fingerprint density at radius 1 is 1.42 bits per heavy atom. The van der Waals surface area contributed by atoms with Gasteiger partial charge in [0.2, 0.25) is 0 Å². The summed E-state index contributed by atoms with van der Waals surface area (Å²) in [6.45, 7) is 8.00. The molecule has 0 amide bonds. The Labute approximate surface area is 158 Å². The summed E-state index contributed by atoms with van der Waals surface area (Å²) < 4.78 is 5.27. The number of ether oxygens (including phenoxy) is 1. The molecule has 2 aliphatic rings. The van der Waals surface area contributed by atoms with Crippen LogP contribution in [0.5, 0.6) is 0 Å². The third-order valence-electron chi connectivity index (χ3n) is 4.83. The van der Waals surface area contributed by atoms with Gasteiger partial charge < -0.3 is 10.1 Å². The SMILES string of the molecule is CCOC(=O)C1=C(C)NC2=C(C(=O)CC(C)(C)C2)C1c1cccnc1Cl. The van der Waals surface area contributed by atoms with Gasteiger partial charge in [-0.25, -0.2) is 9.78 Å². The van der Waals surface area contributed by atoms with Gasteiger partial charge >= 0.3 is 5.97 Å². The smallest absolute Gasteiger partial charge is 0.336 e. The summed E-state index contributed by atoms with van der Waals surface area (Å²) in [5.41, 5.74) is 3.10. The number of Topliss-reactive ketones (excluding diaryl/α,β-unsaturated/α-hetero) is 1. The predicted molar refractivity (Wildman–Crippen MR) is 99.5 cm³/mol. The second kappa shape index (κ2) is 6.88. The van der Waals surface area contributed by atoms with E-state index in [1.54, 1.807) is 19.2 Å². The van der Waals surface area contributed by atoms with Gasteiger partial charge in [-0.05, 0) is 31.7 Å². The highest BCUT2D eigenvalue weighted by Gasteiger charge is 2.43. The molecular weight excluding hydrogens is 352 g/mol. The number of rotatable bonds is 3. The molecule has 2 heterocycles. The van der Waals surface area contributed by atoms with Crippen LogP contribution >= 0.6 is 11.6 Å². The first-order chi connectivity index (χ1) is 12.2. The maximum Gasteiger partial charge on any atom is 0.336 e. The van der Waals surface area contributed by atoms with Gasteiger partial charge in [0.15, 0.2) is 5.78 Å². The van der Waals surface area contributed by atoms with Crippen molar-refractivity contribution in [2.75, 3.05) is 6.61 Å². The minimum atomic E-state index is -0.560. The fraction of sp³-hybridized carbons (Fsp3) is 0.450. The number of aromatic nitrogens is 1. The van der Waals surface area contributed by atoms with E-state index >= 15 is 0 Å². The van der Waals surface area contributed by atoms with E-state index in [0.717, 1.165) is 12.1 Å². The number of hydrogen-bond donors (Lipinski definition) is 1. The monoisotopic (exact) mass is 374 g/mol. The van der Waals surface area contributed by atoms with E-state index in [2.05, 4.69) is 24.1 Å². The van der Waals surface area contributed by atoms with Crippen LogP contribution in [0.25, 0.3) is 0 Å². The number of carbonyl (C=O) groups is 2. The lowest BCUT2D eigenvalue weighted by atomic mass is 9.69. The Bertz CT molecular complexity index is 839. The number of allylic oxidation sites excluding steroid dienone is 3. The van der Waals surface area contributed by atoms with Crippen LogP contribution in [-0.4, -0.2) is 23.3 Å². The van der Waals surface area contributed by atoms with Gasteiger partial charge in [-0.1, -0.05) is 31.5 Å². The molecule has 0 radical (unpaired) electrons. The Balaban J connectivity index is 2.21. The number of esters is 1. The first-order valence-electron chi connectivity index (χ1n) is 8.76. The van der Waals surface area contributed by atoms with Crippen LogP contribution in [0.2, 0.25) is 5.15 Å². The molecule has 138 valence electrons. The summed E-state index contributed by atoms with van der Waals surface area (Å²) in [4.78, 5) is 29.9. The van der Waals surface area contributed by atoms with E-state index in [1.807, 2.05) is 13.0 Å². The summed E-state index contributed by atoms with van der Waals surface area (Å²) in [7, 11) is 0. The van der Waals surface area contributed by atoms with Crippen molar-refractivity contribution < 1.29 is 14.3 Å². The van der Waals surface area contributed by atoms with Crippen LogP contribution < -0.4 is 5.32 Å². The molecule has 26 heavy (non-hydrogen) atoms. The molecule has 0 aromatic carbocycles. The van der Waals surface area contributed by atoms with E-state index in [9.17, 15) is 9.59 Å². The normalized spacial score (nSPS) is 22.0. The van der Waals surface area contributed by atoms with Crippen molar-refractivity contribution in [2.45, 2.75) is 46.5 Å². The summed E-state index contributed by atoms with van der Waals surface area (Å²) >= 11 is 6.35. The van der Waals surface area contributed by atoms with Crippen molar-refractivity contribution >= 4 is 23.4 Å². The number of halogens is 1. The minimum Gasteiger partial charge on any atom is -0.463 e. The maximum atomic E-state index is 13.0. The molecular formula is C20H23ClN2O3. The van der Waals surface area contributed by atoms with E-state index in [1.165, 1.54) is 0 Å². The first-order valence-corrected chi connectivity index (χ1v) is 9.14. The summed E-state index contributed by atoms with van der Waals surface area (Å²) in [6.07, 6.45) is 2.75.